The molecule has 1 amide bonds. The fraction of sp³-hybridized carbons (Fsp3) is 0.393. The highest BCUT2D eigenvalue weighted by Gasteiger charge is 2.28. The third-order valence-corrected chi connectivity index (χ3v) is 6.68. The summed E-state index contributed by atoms with van der Waals surface area (Å²) in [5.41, 5.74) is 5.00. The number of rotatable bonds is 9. The Labute approximate surface area is 201 Å². The Morgan fingerprint density at radius 3 is 2.56 bits per heavy atom. The highest BCUT2D eigenvalue weighted by molar-refractivity contribution is 6.01. The average molecular weight is 460 g/mol. The van der Waals surface area contributed by atoms with E-state index in [1.54, 1.807) is 6.07 Å². The molecule has 0 bridgehead atoms. The van der Waals surface area contributed by atoms with Crippen molar-refractivity contribution < 1.29 is 14.3 Å². The Bertz CT molecular complexity index is 1140. The standard InChI is InChI=1S/C28H33N3O3/c1-4-20(22-12-11-19(3)29-17-22)15-27(32)25-16-23(26-18-34-14-13-31(25)26)28(33)30-24(5-2)21-9-7-6-8-10-21/h6-12,16-17,20,24H,4-5,13-15,18H2,1-3H3,(H,30,33)/t20?,24-/m1/s1. The number of ether oxygens (including phenoxy) is 1. The van der Waals surface area contributed by atoms with Crippen LogP contribution in [-0.4, -0.2) is 27.8 Å². The summed E-state index contributed by atoms with van der Waals surface area (Å²) < 4.78 is 7.63. The lowest BCUT2D eigenvalue weighted by atomic mass is 9.91. The summed E-state index contributed by atoms with van der Waals surface area (Å²) >= 11 is 0. The van der Waals surface area contributed by atoms with E-state index in [9.17, 15) is 9.59 Å². The van der Waals surface area contributed by atoms with Crippen molar-refractivity contribution in [3.8, 4) is 0 Å². The molecule has 34 heavy (non-hydrogen) atoms. The minimum atomic E-state index is -0.168. The van der Waals surface area contributed by atoms with Gasteiger partial charge in [0.05, 0.1) is 36.2 Å². The maximum absolute atomic E-state index is 13.4. The Morgan fingerprint density at radius 1 is 1.09 bits per heavy atom. The van der Waals surface area contributed by atoms with Gasteiger partial charge in [0, 0.05) is 24.9 Å². The lowest BCUT2D eigenvalue weighted by Gasteiger charge is -2.21. The van der Waals surface area contributed by atoms with Gasteiger partial charge in [0.2, 0.25) is 0 Å². The molecule has 0 saturated heterocycles. The summed E-state index contributed by atoms with van der Waals surface area (Å²) in [6.45, 7) is 7.53. The van der Waals surface area contributed by atoms with Crippen LogP contribution in [-0.2, 0) is 17.9 Å². The molecule has 0 spiro atoms. The largest absolute Gasteiger partial charge is 0.373 e. The Morgan fingerprint density at radius 2 is 1.88 bits per heavy atom. The molecule has 1 aromatic carbocycles. The fourth-order valence-electron chi connectivity index (χ4n) is 4.64. The third kappa shape index (κ3) is 5.12. The normalized spacial score (nSPS) is 14.8. The quantitative estimate of drug-likeness (QED) is 0.437. The SMILES string of the molecule is CCC(CC(=O)c1cc(C(=O)N[C@H](CC)c2ccccc2)c2n1CCOC2)c1ccc(C)nc1. The number of hydrogen-bond acceptors (Lipinski definition) is 4. The molecule has 2 aromatic heterocycles. The molecule has 6 heteroatoms. The zero-order valence-electron chi connectivity index (χ0n) is 20.2. The zero-order valence-corrected chi connectivity index (χ0v) is 20.2. The van der Waals surface area contributed by atoms with Crippen LogP contribution in [0.15, 0.2) is 54.7 Å². The van der Waals surface area contributed by atoms with Crippen molar-refractivity contribution in [2.45, 2.75) is 65.1 Å². The van der Waals surface area contributed by atoms with Crippen LogP contribution in [0.4, 0.5) is 0 Å². The Hall–Kier alpha value is -3.25. The van der Waals surface area contributed by atoms with Crippen molar-refractivity contribution in [3.63, 3.8) is 0 Å². The van der Waals surface area contributed by atoms with Crippen molar-refractivity contribution in [2.24, 2.45) is 0 Å². The van der Waals surface area contributed by atoms with E-state index in [2.05, 4.69) is 30.2 Å². The number of aryl methyl sites for hydroxylation is 1. The van der Waals surface area contributed by atoms with Gasteiger partial charge in [-0.15, -0.1) is 0 Å². The smallest absolute Gasteiger partial charge is 0.253 e. The summed E-state index contributed by atoms with van der Waals surface area (Å²) in [7, 11) is 0. The van der Waals surface area contributed by atoms with Crippen LogP contribution < -0.4 is 5.32 Å². The average Bonchev–Trinajstić information content (AvgIpc) is 3.27. The first-order chi connectivity index (χ1) is 16.5. The van der Waals surface area contributed by atoms with Crippen LogP contribution in [0.5, 0.6) is 0 Å². The Kier molecular flexibility index (Phi) is 7.58. The number of nitrogens with zero attached hydrogens (tertiary/aromatic N) is 2. The highest BCUT2D eigenvalue weighted by atomic mass is 16.5. The fourth-order valence-corrected chi connectivity index (χ4v) is 4.64. The topological polar surface area (TPSA) is 73.2 Å². The summed E-state index contributed by atoms with van der Waals surface area (Å²) in [6.07, 6.45) is 3.87. The first kappa shape index (κ1) is 23.9. The molecule has 2 atom stereocenters. The van der Waals surface area contributed by atoms with Crippen LogP contribution in [0, 0.1) is 6.92 Å². The van der Waals surface area contributed by atoms with Gasteiger partial charge < -0.3 is 14.6 Å². The Balaban J connectivity index is 1.58. The van der Waals surface area contributed by atoms with Crippen molar-refractivity contribution in [1.29, 1.82) is 0 Å². The van der Waals surface area contributed by atoms with Gasteiger partial charge in [-0.05, 0) is 48.9 Å². The second-order valence-electron chi connectivity index (χ2n) is 8.90. The van der Waals surface area contributed by atoms with E-state index in [0.29, 0.717) is 37.4 Å². The number of nitrogens with one attached hydrogen (secondary N) is 1. The van der Waals surface area contributed by atoms with Crippen LogP contribution >= 0.6 is 0 Å². The van der Waals surface area contributed by atoms with E-state index in [4.69, 9.17) is 4.74 Å². The maximum Gasteiger partial charge on any atom is 0.253 e. The summed E-state index contributed by atoms with van der Waals surface area (Å²) in [4.78, 5) is 31.2. The minimum Gasteiger partial charge on any atom is -0.373 e. The summed E-state index contributed by atoms with van der Waals surface area (Å²) in [6, 6.07) is 15.7. The van der Waals surface area contributed by atoms with Crippen LogP contribution in [0.1, 0.15) is 88.4 Å². The van der Waals surface area contributed by atoms with Gasteiger partial charge in [-0.3, -0.25) is 14.6 Å². The van der Waals surface area contributed by atoms with Gasteiger partial charge in [0.25, 0.3) is 5.91 Å². The summed E-state index contributed by atoms with van der Waals surface area (Å²) in [5, 5.41) is 3.16. The number of carbonyl (C=O) groups is 2. The number of Topliss-reactive ketones (excluding diaryl/α,β-unsaturated/α-hetero) is 1. The lowest BCUT2D eigenvalue weighted by molar-refractivity contribution is 0.0780. The second-order valence-corrected chi connectivity index (χ2v) is 8.90. The molecule has 0 saturated carbocycles. The van der Waals surface area contributed by atoms with Crippen molar-refractivity contribution in [3.05, 3.63) is 88.5 Å². The van der Waals surface area contributed by atoms with Gasteiger partial charge >= 0.3 is 0 Å². The number of fused-ring (bicyclic) bond motifs is 1. The third-order valence-electron chi connectivity index (χ3n) is 6.68. The number of ketones is 1. The molecule has 1 unspecified atom stereocenters. The van der Waals surface area contributed by atoms with E-state index in [0.717, 1.165) is 35.4 Å². The lowest BCUT2D eigenvalue weighted by Crippen LogP contribution is -2.29. The van der Waals surface area contributed by atoms with Gasteiger partial charge in [-0.1, -0.05) is 50.2 Å². The maximum atomic E-state index is 13.4. The van der Waals surface area contributed by atoms with Crippen molar-refractivity contribution in [2.75, 3.05) is 6.61 Å². The highest BCUT2D eigenvalue weighted by Crippen LogP contribution is 2.28. The molecule has 0 radical (unpaired) electrons. The van der Waals surface area contributed by atoms with E-state index < -0.39 is 0 Å². The number of amides is 1. The van der Waals surface area contributed by atoms with Gasteiger partial charge in [-0.25, -0.2) is 0 Å². The van der Waals surface area contributed by atoms with E-state index in [1.165, 1.54) is 0 Å². The van der Waals surface area contributed by atoms with Crippen LogP contribution in [0.3, 0.4) is 0 Å². The molecular weight excluding hydrogens is 426 g/mol. The number of benzene rings is 1. The minimum absolute atomic E-state index is 0.0460. The molecule has 1 N–H and O–H groups in total. The van der Waals surface area contributed by atoms with E-state index in [-0.39, 0.29) is 23.7 Å². The molecule has 6 nitrogen and oxygen atoms in total. The van der Waals surface area contributed by atoms with Crippen LogP contribution in [0.2, 0.25) is 0 Å². The monoisotopic (exact) mass is 459 g/mol. The predicted molar refractivity (Wildman–Crippen MR) is 132 cm³/mol. The predicted octanol–water partition coefficient (Wildman–Crippen LogP) is 5.37. The zero-order chi connectivity index (χ0) is 24.1. The van der Waals surface area contributed by atoms with Gasteiger partial charge in [0.1, 0.15) is 0 Å². The first-order valence-electron chi connectivity index (χ1n) is 12.1. The molecular formula is C28H33N3O3. The van der Waals surface area contributed by atoms with Crippen molar-refractivity contribution in [1.82, 2.24) is 14.9 Å². The number of hydrogen-bond donors (Lipinski definition) is 1. The molecule has 3 aromatic rings. The van der Waals surface area contributed by atoms with Gasteiger partial charge in [-0.2, -0.15) is 0 Å². The van der Waals surface area contributed by atoms with Crippen molar-refractivity contribution >= 4 is 11.7 Å². The first-order valence-corrected chi connectivity index (χ1v) is 12.1. The van der Waals surface area contributed by atoms with E-state index >= 15 is 0 Å². The van der Waals surface area contributed by atoms with Gasteiger partial charge in [0.15, 0.2) is 5.78 Å². The second kappa shape index (κ2) is 10.8. The molecule has 1 aliphatic rings. The van der Waals surface area contributed by atoms with Crippen LogP contribution in [0.25, 0.3) is 0 Å². The number of carbonyl (C=O) groups excluding carboxylic acids is 2. The number of pyridine rings is 1. The molecule has 3 heterocycles. The molecule has 0 aliphatic carbocycles. The molecule has 0 fully saturated rings. The van der Waals surface area contributed by atoms with E-state index in [1.807, 2.05) is 54.1 Å². The molecule has 178 valence electrons. The number of aromatic nitrogens is 2. The molecule has 1 aliphatic heterocycles. The molecule has 4 rings (SSSR count). The summed E-state index contributed by atoms with van der Waals surface area (Å²) in [5.74, 6) is -0.0325.